The summed E-state index contributed by atoms with van der Waals surface area (Å²) in [7, 11) is 0. The third kappa shape index (κ3) is 4.26. The van der Waals surface area contributed by atoms with E-state index in [2.05, 4.69) is 27.2 Å². The molecule has 0 aromatic carbocycles. The number of hydrogen-bond acceptors (Lipinski definition) is 3. The molecule has 1 aliphatic heterocycles. The minimum atomic E-state index is -0.0738. The molecule has 3 rings (SSSR count). The van der Waals surface area contributed by atoms with Gasteiger partial charge >= 0.3 is 0 Å². The minimum Gasteiger partial charge on any atom is -0.364 e. The number of carbonyl (C=O) groups excluding carboxylic acids is 1. The fraction of sp³-hybridized carbons (Fsp3) is 0.556. The molecule has 3 heterocycles. The predicted octanol–water partition coefficient (Wildman–Crippen LogP) is 2.90. The molecule has 0 unspecified atom stereocenters. The van der Waals surface area contributed by atoms with Crippen molar-refractivity contribution in [3.63, 3.8) is 0 Å². The summed E-state index contributed by atoms with van der Waals surface area (Å²) in [6.45, 7) is 6.38. The van der Waals surface area contributed by atoms with Gasteiger partial charge in [-0.1, -0.05) is 19.8 Å². The third-order valence-corrected chi connectivity index (χ3v) is 4.56. The van der Waals surface area contributed by atoms with Crippen LogP contribution >= 0.6 is 0 Å². The maximum absolute atomic E-state index is 12.4. The lowest BCUT2D eigenvalue weighted by Crippen LogP contribution is -2.32. The molecule has 6 heteroatoms. The summed E-state index contributed by atoms with van der Waals surface area (Å²) in [6, 6.07) is 1.83. The van der Waals surface area contributed by atoms with Crippen molar-refractivity contribution in [3.8, 4) is 0 Å². The van der Waals surface area contributed by atoms with Crippen molar-refractivity contribution in [3.05, 3.63) is 35.9 Å². The number of aromatic amines is 1. The van der Waals surface area contributed by atoms with Crippen LogP contribution in [0.5, 0.6) is 0 Å². The molecule has 6 nitrogen and oxygen atoms in total. The van der Waals surface area contributed by atoms with Crippen molar-refractivity contribution in [2.75, 3.05) is 25.0 Å². The number of piperidine rings is 1. The smallest absolute Gasteiger partial charge is 0.257 e. The van der Waals surface area contributed by atoms with E-state index >= 15 is 0 Å². The molecule has 2 N–H and O–H groups in total. The molecular formula is C18H27N5O. The number of likely N-dealkylation sites (tertiary alicyclic amines) is 1. The van der Waals surface area contributed by atoms with Gasteiger partial charge in [0.15, 0.2) is 0 Å². The van der Waals surface area contributed by atoms with E-state index in [1.807, 2.05) is 23.1 Å². The van der Waals surface area contributed by atoms with Crippen LogP contribution < -0.4 is 5.32 Å². The molecule has 0 aliphatic carbocycles. The van der Waals surface area contributed by atoms with Crippen LogP contribution in [-0.4, -0.2) is 45.2 Å². The summed E-state index contributed by atoms with van der Waals surface area (Å²) in [6.07, 6.45) is 11.3. The lowest BCUT2D eigenvalue weighted by Gasteiger charge is -2.26. The molecule has 2 aromatic rings. The molecule has 1 saturated heterocycles. The zero-order chi connectivity index (χ0) is 16.8. The van der Waals surface area contributed by atoms with Gasteiger partial charge < -0.3 is 15.2 Å². The highest BCUT2D eigenvalue weighted by atomic mass is 16.1. The lowest BCUT2D eigenvalue weighted by atomic mass is 10.1. The van der Waals surface area contributed by atoms with Gasteiger partial charge in [-0.2, -0.15) is 5.10 Å². The van der Waals surface area contributed by atoms with Crippen LogP contribution in [-0.2, 0) is 13.0 Å². The summed E-state index contributed by atoms with van der Waals surface area (Å²) in [5.74, 6) is -0.0738. The van der Waals surface area contributed by atoms with Gasteiger partial charge in [-0.05, 0) is 38.4 Å². The average Bonchev–Trinajstić information content (AvgIpc) is 3.24. The number of anilines is 1. The van der Waals surface area contributed by atoms with E-state index in [1.54, 1.807) is 6.20 Å². The second-order valence-electron chi connectivity index (χ2n) is 6.47. The summed E-state index contributed by atoms with van der Waals surface area (Å²) < 4.78 is 1.91. The maximum atomic E-state index is 12.4. The number of amides is 1. The van der Waals surface area contributed by atoms with E-state index in [0.717, 1.165) is 42.9 Å². The fourth-order valence-corrected chi connectivity index (χ4v) is 3.25. The average molecular weight is 329 g/mol. The van der Waals surface area contributed by atoms with Crippen LogP contribution in [0.15, 0.2) is 24.7 Å². The van der Waals surface area contributed by atoms with E-state index < -0.39 is 0 Å². The molecule has 2 aromatic heterocycles. The highest BCUT2D eigenvalue weighted by Crippen LogP contribution is 2.13. The molecule has 0 saturated carbocycles. The third-order valence-electron chi connectivity index (χ3n) is 4.56. The first-order valence-corrected chi connectivity index (χ1v) is 8.98. The fourth-order valence-electron chi connectivity index (χ4n) is 3.25. The van der Waals surface area contributed by atoms with Crippen LogP contribution in [0.25, 0.3) is 0 Å². The molecule has 24 heavy (non-hydrogen) atoms. The Labute approximate surface area is 143 Å². The van der Waals surface area contributed by atoms with E-state index in [1.165, 1.54) is 32.4 Å². The first-order valence-electron chi connectivity index (χ1n) is 8.98. The topological polar surface area (TPSA) is 66.0 Å². The van der Waals surface area contributed by atoms with Crippen LogP contribution in [0.2, 0.25) is 0 Å². The van der Waals surface area contributed by atoms with Gasteiger partial charge in [-0.25, -0.2) is 0 Å². The number of carbonyl (C=O) groups is 1. The van der Waals surface area contributed by atoms with Crippen molar-refractivity contribution in [1.82, 2.24) is 19.7 Å². The monoisotopic (exact) mass is 329 g/mol. The van der Waals surface area contributed by atoms with Gasteiger partial charge in [-0.3, -0.25) is 9.48 Å². The van der Waals surface area contributed by atoms with Crippen molar-refractivity contribution < 1.29 is 4.79 Å². The van der Waals surface area contributed by atoms with Gasteiger partial charge in [-0.15, -0.1) is 0 Å². The quantitative estimate of drug-likeness (QED) is 0.821. The summed E-state index contributed by atoms with van der Waals surface area (Å²) in [4.78, 5) is 18.0. The minimum absolute atomic E-state index is 0.0738. The van der Waals surface area contributed by atoms with E-state index in [0.29, 0.717) is 0 Å². The van der Waals surface area contributed by atoms with E-state index in [-0.39, 0.29) is 5.91 Å². The number of aryl methyl sites for hydroxylation is 1. The SMILES string of the molecule is CCCc1[nH]ccc1C(=O)Nc1cnn(CCN2CCCCC2)c1. The second-order valence-corrected chi connectivity index (χ2v) is 6.47. The van der Waals surface area contributed by atoms with Crippen molar-refractivity contribution in [2.45, 2.75) is 45.6 Å². The molecule has 1 amide bonds. The Morgan fingerprint density at radius 1 is 1.29 bits per heavy atom. The first-order chi connectivity index (χ1) is 11.8. The van der Waals surface area contributed by atoms with Gasteiger partial charge in [0.1, 0.15) is 0 Å². The Morgan fingerprint density at radius 2 is 2.12 bits per heavy atom. The van der Waals surface area contributed by atoms with Gasteiger partial charge in [0, 0.05) is 24.6 Å². The van der Waals surface area contributed by atoms with Crippen LogP contribution in [0, 0.1) is 0 Å². The highest BCUT2D eigenvalue weighted by molar-refractivity contribution is 6.05. The van der Waals surface area contributed by atoms with E-state index in [4.69, 9.17) is 0 Å². The first kappa shape index (κ1) is 16.8. The Balaban J connectivity index is 1.53. The Morgan fingerprint density at radius 3 is 2.92 bits per heavy atom. The lowest BCUT2D eigenvalue weighted by molar-refractivity contribution is 0.102. The number of rotatable bonds is 7. The largest absolute Gasteiger partial charge is 0.364 e. The number of nitrogens with zero attached hydrogens (tertiary/aromatic N) is 3. The number of aromatic nitrogens is 3. The van der Waals surface area contributed by atoms with Gasteiger partial charge in [0.05, 0.1) is 24.0 Å². The number of H-pyrrole nitrogens is 1. The Hall–Kier alpha value is -2.08. The normalized spacial score (nSPS) is 15.5. The highest BCUT2D eigenvalue weighted by Gasteiger charge is 2.13. The van der Waals surface area contributed by atoms with Gasteiger partial charge in [0.25, 0.3) is 5.91 Å². The molecule has 1 fully saturated rings. The standard InChI is InChI=1S/C18H27N5O/c1-2-6-17-16(7-8-19-17)18(24)21-15-13-20-23(14-15)12-11-22-9-4-3-5-10-22/h7-8,13-14,19H,2-6,9-12H2,1H3,(H,21,24). The molecule has 1 aliphatic rings. The molecule has 0 bridgehead atoms. The second kappa shape index (κ2) is 8.15. The maximum Gasteiger partial charge on any atom is 0.257 e. The summed E-state index contributed by atoms with van der Waals surface area (Å²) in [5.41, 5.74) is 2.47. The predicted molar refractivity (Wildman–Crippen MR) is 95.3 cm³/mol. The summed E-state index contributed by atoms with van der Waals surface area (Å²) in [5, 5.41) is 7.31. The Bertz CT molecular complexity index is 654. The number of nitrogens with one attached hydrogen (secondary N) is 2. The Kier molecular flexibility index (Phi) is 5.69. The van der Waals surface area contributed by atoms with Crippen molar-refractivity contribution in [1.29, 1.82) is 0 Å². The molecule has 0 radical (unpaired) electrons. The van der Waals surface area contributed by atoms with Crippen LogP contribution in [0.1, 0.15) is 48.7 Å². The van der Waals surface area contributed by atoms with Crippen LogP contribution in [0.3, 0.4) is 0 Å². The molecule has 0 atom stereocenters. The zero-order valence-electron chi connectivity index (χ0n) is 14.4. The number of hydrogen-bond donors (Lipinski definition) is 2. The van der Waals surface area contributed by atoms with E-state index in [9.17, 15) is 4.79 Å². The van der Waals surface area contributed by atoms with Crippen molar-refractivity contribution >= 4 is 11.6 Å². The van der Waals surface area contributed by atoms with Gasteiger partial charge in [0.2, 0.25) is 0 Å². The van der Waals surface area contributed by atoms with Crippen LogP contribution in [0.4, 0.5) is 5.69 Å². The molecular weight excluding hydrogens is 302 g/mol. The molecule has 0 spiro atoms. The molecule has 130 valence electrons. The summed E-state index contributed by atoms with van der Waals surface area (Å²) >= 11 is 0. The van der Waals surface area contributed by atoms with Crippen molar-refractivity contribution in [2.24, 2.45) is 0 Å². The zero-order valence-corrected chi connectivity index (χ0v) is 14.4.